The van der Waals surface area contributed by atoms with E-state index in [1.807, 2.05) is 12.1 Å². The Kier molecular flexibility index (Phi) is 14.4. The zero-order chi connectivity index (χ0) is 30.5. The van der Waals surface area contributed by atoms with Gasteiger partial charge in [-0.15, -0.1) is 0 Å². The van der Waals surface area contributed by atoms with Gasteiger partial charge >= 0.3 is 53.4 Å². The van der Waals surface area contributed by atoms with Crippen LogP contribution in [0.25, 0.3) is 0 Å². The van der Waals surface area contributed by atoms with Gasteiger partial charge in [-0.05, 0) is 60.4 Å². The van der Waals surface area contributed by atoms with Crippen molar-refractivity contribution < 1.29 is 94.7 Å². The molecule has 0 atom stereocenters. The highest BCUT2D eigenvalue weighted by atomic mass is 127. The molecular formula is C24H14F6I2O6S2. The molecule has 3 aromatic carbocycles. The lowest BCUT2D eigenvalue weighted by Gasteiger charge is -2.08. The van der Waals surface area contributed by atoms with Gasteiger partial charge in [0.15, 0.2) is 28.1 Å². The van der Waals surface area contributed by atoms with E-state index in [9.17, 15) is 26.3 Å². The first-order valence-electron chi connectivity index (χ1n) is 9.94. The average Bonchev–Trinajstić information content (AvgIpc) is 2.85. The van der Waals surface area contributed by atoms with Gasteiger partial charge in [0.1, 0.15) is 0 Å². The second kappa shape index (κ2) is 16.2. The fraction of sp³-hybridized carbons (Fsp3) is 0.0833. The molecule has 0 aliphatic rings. The molecule has 0 aliphatic carbocycles. The number of hydrogen-bond donors (Lipinski definition) is 0. The van der Waals surface area contributed by atoms with Crippen molar-refractivity contribution in [1.82, 2.24) is 0 Å². The van der Waals surface area contributed by atoms with Crippen LogP contribution in [0.2, 0.25) is 0 Å². The Morgan fingerprint density at radius 1 is 0.525 bits per heavy atom. The molecule has 40 heavy (non-hydrogen) atoms. The molecule has 0 saturated heterocycles. The lowest BCUT2D eigenvalue weighted by Crippen LogP contribution is -3.59. The Labute approximate surface area is 247 Å². The first-order chi connectivity index (χ1) is 18.4. The summed E-state index contributed by atoms with van der Waals surface area (Å²) in [7, 11) is -12.2. The summed E-state index contributed by atoms with van der Waals surface area (Å²) in [5.74, 6) is 6.52. The average molecular weight is 830 g/mol. The molecule has 0 bridgehead atoms. The third-order valence-corrected chi connectivity index (χ3v) is 8.51. The number of halogens is 8. The first kappa shape index (κ1) is 35.7. The molecule has 0 aliphatic heterocycles. The third kappa shape index (κ3) is 14.9. The minimum atomic E-state index is -6.09. The Morgan fingerprint density at radius 2 is 0.775 bits per heavy atom. The van der Waals surface area contributed by atoms with Crippen molar-refractivity contribution in [3.63, 3.8) is 0 Å². The molecule has 0 N–H and O–H groups in total. The fourth-order valence-electron chi connectivity index (χ4n) is 1.86. The summed E-state index contributed by atoms with van der Waals surface area (Å²) in [5, 5.41) is 0. The zero-order valence-corrected chi connectivity index (χ0v) is 25.3. The molecule has 0 fully saturated rings. The predicted molar refractivity (Wildman–Crippen MR) is 122 cm³/mol. The number of hydrogen-bond acceptors (Lipinski definition) is 6. The molecule has 6 nitrogen and oxygen atoms in total. The van der Waals surface area contributed by atoms with E-state index < -0.39 is 31.3 Å². The molecule has 0 unspecified atom stereocenters. The van der Waals surface area contributed by atoms with Crippen molar-refractivity contribution in [2.75, 3.05) is 0 Å². The maximum Gasteiger partial charge on any atom is 0.485 e. The molecule has 3 rings (SSSR count). The van der Waals surface area contributed by atoms with Gasteiger partial charge in [0.25, 0.3) is 0 Å². The first-order valence-corrected chi connectivity index (χ1v) is 17.1. The van der Waals surface area contributed by atoms with E-state index in [1.165, 1.54) is 7.14 Å². The summed E-state index contributed by atoms with van der Waals surface area (Å²) in [4.78, 5) is 0. The van der Waals surface area contributed by atoms with Crippen LogP contribution in [0.4, 0.5) is 26.3 Å². The van der Waals surface area contributed by atoms with Crippen LogP contribution in [-0.4, -0.2) is 37.0 Å². The summed E-state index contributed by atoms with van der Waals surface area (Å²) in [6, 6.07) is 29.2. The second-order valence-electron chi connectivity index (χ2n) is 6.60. The lowest BCUT2D eigenvalue weighted by molar-refractivity contribution is -0.535. The van der Waals surface area contributed by atoms with E-state index in [0.29, 0.717) is 0 Å². The predicted octanol–water partition coefficient (Wildman–Crippen LogP) is -1.67. The van der Waals surface area contributed by atoms with Crippen molar-refractivity contribution in [3.8, 4) is 19.7 Å². The molecule has 0 radical (unpaired) electrons. The lowest BCUT2D eigenvalue weighted by atomic mass is 10.1. The van der Waals surface area contributed by atoms with Crippen LogP contribution in [0, 0.1) is 26.8 Å². The molecule has 214 valence electrons. The maximum atomic E-state index is 10.7. The van der Waals surface area contributed by atoms with E-state index in [2.05, 4.69) is 92.5 Å². The normalized spacial score (nSPS) is 11.2. The summed E-state index contributed by atoms with van der Waals surface area (Å²) in [5.41, 5.74) is -9.16. The molecule has 0 aromatic heterocycles. The molecule has 0 heterocycles. The Balaban J connectivity index is 0.000000412. The number of rotatable bonds is 2. The molecule has 0 saturated carbocycles. The third-order valence-electron chi connectivity index (χ3n) is 3.61. The van der Waals surface area contributed by atoms with Gasteiger partial charge in [-0.1, -0.05) is 36.4 Å². The van der Waals surface area contributed by atoms with Gasteiger partial charge in [-0.25, -0.2) is 16.8 Å². The van der Waals surface area contributed by atoms with Gasteiger partial charge in [0.05, 0.1) is 0 Å². The van der Waals surface area contributed by atoms with Crippen LogP contribution >= 0.6 is 0 Å². The number of benzene rings is 3. The SMILES string of the molecule is C(#Cc1ccc(C#C[I+]c2ccccc2)cc1)[I+]c1ccccc1.O=S(=O)([O-])C(F)(F)F.O=S(=O)([O-])C(F)(F)F. The van der Waals surface area contributed by atoms with Crippen LogP contribution in [-0.2, 0) is 20.2 Å². The molecule has 16 heteroatoms. The Hall–Kier alpha value is -2.36. The van der Waals surface area contributed by atoms with Crippen molar-refractivity contribution in [1.29, 1.82) is 0 Å². The van der Waals surface area contributed by atoms with E-state index in [4.69, 9.17) is 25.9 Å². The monoisotopic (exact) mass is 830 g/mol. The molecule has 0 spiro atoms. The largest absolute Gasteiger partial charge is 0.741 e. The van der Waals surface area contributed by atoms with Gasteiger partial charge in [0, 0.05) is 11.1 Å². The highest BCUT2D eigenvalue weighted by Crippen LogP contribution is 2.21. The van der Waals surface area contributed by atoms with Crippen LogP contribution in [0.1, 0.15) is 11.1 Å². The van der Waals surface area contributed by atoms with Crippen molar-refractivity contribution in [2.45, 2.75) is 11.0 Å². The minimum Gasteiger partial charge on any atom is -0.741 e. The zero-order valence-electron chi connectivity index (χ0n) is 19.4. The maximum absolute atomic E-state index is 10.7. The standard InChI is InChI=1S/C22H14I2.2CHF3O3S/c1-3-7-21(8-4-1)23-17-15-19-11-13-20(14-12-19)16-18-24-22-9-5-2-6-10-22;2*2-1(3,4)8(5,6)7/h1-14H;2*(H,5,6,7)/q+2;;/p-2. The Morgan fingerprint density at radius 3 is 1.00 bits per heavy atom. The second-order valence-corrected chi connectivity index (χ2v) is 14.0. The van der Waals surface area contributed by atoms with Gasteiger partial charge in [0.2, 0.25) is 7.14 Å². The van der Waals surface area contributed by atoms with Crippen molar-refractivity contribution >= 4 is 20.2 Å². The van der Waals surface area contributed by atoms with Crippen molar-refractivity contribution in [3.05, 3.63) is 103 Å². The topological polar surface area (TPSA) is 114 Å². The van der Waals surface area contributed by atoms with E-state index in [-0.39, 0.29) is 42.4 Å². The highest BCUT2D eigenvalue weighted by Gasteiger charge is 2.37. The van der Waals surface area contributed by atoms with Crippen LogP contribution < -0.4 is 42.4 Å². The molecular weight excluding hydrogens is 816 g/mol. The van der Waals surface area contributed by atoms with Gasteiger partial charge in [-0.3, -0.25) is 0 Å². The van der Waals surface area contributed by atoms with Crippen molar-refractivity contribution in [2.24, 2.45) is 0 Å². The highest BCUT2D eigenvalue weighted by molar-refractivity contribution is 7.86. The quantitative estimate of drug-likeness (QED) is 0.100. The van der Waals surface area contributed by atoms with Crippen LogP contribution in [0.3, 0.4) is 0 Å². The van der Waals surface area contributed by atoms with Crippen LogP contribution in [0.15, 0.2) is 84.9 Å². The molecule has 0 amide bonds. The van der Waals surface area contributed by atoms with Gasteiger partial charge < -0.3 is 9.11 Å². The van der Waals surface area contributed by atoms with Crippen LogP contribution in [0.5, 0.6) is 0 Å². The summed E-state index contributed by atoms with van der Waals surface area (Å²) >= 11 is -0.455. The number of alkyl halides is 6. The summed E-state index contributed by atoms with van der Waals surface area (Å²) in [6.07, 6.45) is 0. The van der Waals surface area contributed by atoms with E-state index >= 15 is 0 Å². The fourth-order valence-corrected chi connectivity index (χ4v) is 4.92. The van der Waals surface area contributed by atoms with Gasteiger partial charge in [-0.2, -0.15) is 26.3 Å². The smallest absolute Gasteiger partial charge is 0.485 e. The minimum absolute atomic E-state index is 0.228. The summed E-state index contributed by atoms with van der Waals surface area (Å²) < 4.78 is 127. The van der Waals surface area contributed by atoms with E-state index in [0.717, 1.165) is 11.1 Å². The molecule has 3 aromatic rings. The summed E-state index contributed by atoms with van der Waals surface area (Å²) in [6.45, 7) is 0. The van der Waals surface area contributed by atoms with E-state index in [1.54, 1.807) is 0 Å². The Bertz CT molecular complexity index is 1440.